The SMILES string of the molecule is COc1ccc(C(N)C2CC3CCC2C3)cc1Br. The smallest absolute Gasteiger partial charge is 0.133 e. The largest absolute Gasteiger partial charge is 0.496 e. The number of halogens is 1. The van der Waals surface area contributed by atoms with Gasteiger partial charge in [0.05, 0.1) is 11.6 Å². The summed E-state index contributed by atoms with van der Waals surface area (Å²) in [6.45, 7) is 0. The fraction of sp³-hybridized carbons (Fsp3) is 0.600. The minimum atomic E-state index is 0.183. The number of rotatable bonds is 3. The normalized spacial score (nSPS) is 31.6. The van der Waals surface area contributed by atoms with E-state index in [-0.39, 0.29) is 6.04 Å². The van der Waals surface area contributed by atoms with Crippen LogP contribution in [0.3, 0.4) is 0 Å². The summed E-state index contributed by atoms with van der Waals surface area (Å²) in [5, 5.41) is 0. The van der Waals surface area contributed by atoms with Crippen LogP contribution in [0, 0.1) is 17.8 Å². The minimum Gasteiger partial charge on any atom is -0.496 e. The van der Waals surface area contributed by atoms with Crippen molar-refractivity contribution in [3.05, 3.63) is 28.2 Å². The molecule has 1 aromatic carbocycles. The molecule has 0 saturated heterocycles. The van der Waals surface area contributed by atoms with E-state index < -0.39 is 0 Å². The number of fused-ring (bicyclic) bond motifs is 2. The van der Waals surface area contributed by atoms with Crippen LogP contribution in [0.25, 0.3) is 0 Å². The zero-order valence-corrected chi connectivity index (χ0v) is 12.3. The third-order valence-electron chi connectivity index (χ3n) is 4.81. The molecular formula is C15H20BrNO. The first-order valence-electron chi connectivity index (χ1n) is 6.78. The summed E-state index contributed by atoms with van der Waals surface area (Å²) < 4.78 is 6.27. The second kappa shape index (κ2) is 4.86. The second-order valence-corrected chi connectivity index (χ2v) is 6.61. The van der Waals surface area contributed by atoms with Crippen LogP contribution in [0.5, 0.6) is 5.75 Å². The summed E-state index contributed by atoms with van der Waals surface area (Å²) in [7, 11) is 1.69. The molecule has 98 valence electrons. The van der Waals surface area contributed by atoms with Crippen molar-refractivity contribution >= 4 is 15.9 Å². The molecule has 4 unspecified atom stereocenters. The van der Waals surface area contributed by atoms with Gasteiger partial charge in [0.25, 0.3) is 0 Å². The summed E-state index contributed by atoms with van der Waals surface area (Å²) >= 11 is 3.54. The van der Waals surface area contributed by atoms with Gasteiger partial charge >= 0.3 is 0 Å². The molecule has 0 radical (unpaired) electrons. The molecule has 2 fully saturated rings. The van der Waals surface area contributed by atoms with E-state index in [0.717, 1.165) is 22.1 Å². The Morgan fingerprint density at radius 2 is 2.17 bits per heavy atom. The van der Waals surface area contributed by atoms with Crippen LogP contribution in [0.2, 0.25) is 0 Å². The maximum atomic E-state index is 6.49. The third kappa shape index (κ3) is 2.08. The monoisotopic (exact) mass is 309 g/mol. The summed E-state index contributed by atoms with van der Waals surface area (Å²) in [6.07, 6.45) is 5.56. The predicted molar refractivity (Wildman–Crippen MR) is 76.6 cm³/mol. The van der Waals surface area contributed by atoms with Crippen LogP contribution >= 0.6 is 15.9 Å². The lowest BCUT2D eigenvalue weighted by molar-refractivity contribution is 0.284. The summed E-state index contributed by atoms with van der Waals surface area (Å²) in [4.78, 5) is 0. The van der Waals surface area contributed by atoms with Gasteiger partial charge in [0.1, 0.15) is 5.75 Å². The molecule has 2 nitrogen and oxygen atoms in total. The van der Waals surface area contributed by atoms with Crippen LogP contribution < -0.4 is 10.5 Å². The topological polar surface area (TPSA) is 35.2 Å². The molecule has 3 heteroatoms. The van der Waals surface area contributed by atoms with Gasteiger partial charge in [-0.2, -0.15) is 0 Å². The maximum Gasteiger partial charge on any atom is 0.133 e. The molecule has 18 heavy (non-hydrogen) atoms. The van der Waals surface area contributed by atoms with E-state index in [4.69, 9.17) is 10.5 Å². The van der Waals surface area contributed by atoms with E-state index >= 15 is 0 Å². The second-order valence-electron chi connectivity index (χ2n) is 5.76. The van der Waals surface area contributed by atoms with Crippen molar-refractivity contribution in [1.29, 1.82) is 0 Å². The Morgan fingerprint density at radius 1 is 1.33 bits per heavy atom. The van der Waals surface area contributed by atoms with Gasteiger partial charge in [-0.3, -0.25) is 0 Å². The zero-order chi connectivity index (χ0) is 12.7. The Labute approximate surface area is 117 Å². The maximum absolute atomic E-state index is 6.49. The Bertz CT molecular complexity index is 448. The van der Waals surface area contributed by atoms with Crippen molar-refractivity contribution in [3.8, 4) is 5.75 Å². The molecule has 2 bridgehead atoms. The summed E-state index contributed by atoms with van der Waals surface area (Å²) in [5.74, 6) is 3.38. The van der Waals surface area contributed by atoms with Crippen LogP contribution in [0.1, 0.15) is 37.3 Å². The van der Waals surface area contributed by atoms with Crippen LogP contribution in [-0.4, -0.2) is 7.11 Å². The molecule has 2 aliphatic rings. The summed E-state index contributed by atoms with van der Waals surface area (Å²) in [6, 6.07) is 6.42. The molecule has 0 heterocycles. The van der Waals surface area contributed by atoms with Crippen LogP contribution in [0.15, 0.2) is 22.7 Å². The quantitative estimate of drug-likeness (QED) is 0.919. The fourth-order valence-corrected chi connectivity index (χ4v) is 4.43. The molecule has 4 atom stereocenters. The Hall–Kier alpha value is -0.540. The molecule has 2 N–H and O–H groups in total. The lowest BCUT2D eigenvalue weighted by Gasteiger charge is -2.28. The molecule has 0 aromatic heterocycles. The minimum absolute atomic E-state index is 0.183. The highest BCUT2D eigenvalue weighted by atomic mass is 79.9. The van der Waals surface area contributed by atoms with Crippen LogP contribution in [0.4, 0.5) is 0 Å². The third-order valence-corrected chi connectivity index (χ3v) is 5.43. The highest BCUT2D eigenvalue weighted by Crippen LogP contribution is 2.52. The molecular weight excluding hydrogens is 290 g/mol. The highest BCUT2D eigenvalue weighted by molar-refractivity contribution is 9.10. The van der Waals surface area contributed by atoms with Gasteiger partial charge in [-0.15, -0.1) is 0 Å². The molecule has 3 rings (SSSR count). The number of nitrogens with two attached hydrogens (primary N) is 1. The number of benzene rings is 1. The van der Waals surface area contributed by atoms with E-state index in [2.05, 4.69) is 28.1 Å². The number of hydrogen-bond donors (Lipinski definition) is 1. The predicted octanol–water partition coefficient (Wildman–Crippen LogP) is 3.89. The highest BCUT2D eigenvalue weighted by Gasteiger charge is 2.42. The zero-order valence-electron chi connectivity index (χ0n) is 10.7. The van der Waals surface area contributed by atoms with Gasteiger partial charge in [0, 0.05) is 6.04 Å². The van der Waals surface area contributed by atoms with E-state index in [1.807, 2.05) is 6.07 Å². The Balaban J connectivity index is 1.80. The van der Waals surface area contributed by atoms with Crippen molar-refractivity contribution in [2.24, 2.45) is 23.5 Å². The molecule has 2 aliphatic carbocycles. The number of ether oxygens (including phenoxy) is 1. The average molecular weight is 310 g/mol. The van der Waals surface area contributed by atoms with Crippen molar-refractivity contribution in [2.45, 2.75) is 31.7 Å². The van der Waals surface area contributed by atoms with Crippen LogP contribution in [-0.2, 0) is 0 Å². The van der Waals surface area contributed by atoms with Gasteiger partial charge in [0.2, 0.25) is 0 Å². The molecule has 0 spiro atoms. The number of methoxy groups -OCH3 is 1. The van der Waals surface area contributed by atoms with Gasteiger partial charge < -0.3 is 10.5 Å². The van der Waals surface area contributed by atoms with E-state index in [1.165, 1.54) is 31.2 Å². The lowest BCUT2D eigenvalue weighted by Crippen LogP contribution is -2.25. The first-order valence-corrected chi connectivity index (χ1v) is 7.57. The van der Waals surface area contributed by atoms with Crippen molar-refractivity contribution in [3.63, 3.8) is 0 Å². The molecule has 2 saturated carbocycles. The van der Waals surface area contributed by atoms with Gasteiger partial charge in [0.15, 0.2) is 0 Å². The molecule has 0 aliphatic heterocycles. The van der Waals surface area contributed by atoms with Gasteiger partial charge in [-0.25, -0.2) is 0 Å². The van der Waals surface area contributed by atoms with Crippen molar-refractivity contribution in [2.75, 3.05) is 7.11 Å². The first-order chi connectivity index (χ1) is 8.69. The van der Waals surface area contributed by atoms with E-state index in [0.29, 0.717) is 5.92 Å². The van der Waals surface area contributed by atoms with Crippen molar-refractivity contribution < 1.29 is 4.74 Å². The lowest BCUT2D eigenvalue weighted by atomic mass is 9.81. The molecule has 0 amide bonds. The van der Waals surface area contributed by atoms with Crippen molar-refractivity contribution in [1.82, 2.24) is 0 Å². The molecule has 1 aromatic rings. The summed E-state index contributed by atoms with van der Waals surface area (Å²) in [5.41, 5.74) is 7.72. The van der Waals surface area contributed by atoms with Gasteiger partial charge in [-0.1, -0.05) is 12.5 Å². The Morgan fingerprint density at radius 3 is 2.72 bits per heavy atom. The Kier molecular flexibility index (Phi) is 3.37. The first kappa shape index (κ1) is 12.5. The fourth-order valence-electron chi connectivity index (χ4n) is 3.87. The van der Waals surface area contributed by atoms with E-state index in [1.54, 1.807) is 7.11 Å². The standard InChI is InChI=1S/C15H20BrNO/c1-18-14-5-4-11(8-13(14)16)15(17)12-7-9-2-3-10(12)6-9/h4-5,8-10,12,15H,2-3,6-7,17H2,1H3. The number of hydrogen-bond acceptors (Lipinski definition) is 2. The van der Waals surface area contributed by atoms with Gasteiger partial charge in [-0.05, 0) is 70.6 Å². The average Bonchev–Trinajstić information content (AvgIpc) is 3.00. The van der Waals surface area contributed by atoms with E-state index in [9.17, 15) is 0 Å².